The lowest BCUT2D eigenvalue weighted by Gasteiger charge is -2.07. The summed E-state index contributed by atoms with van der Waals surface area (Å²) in [6.07, 6.45) is 1.67. The quantitative estimate of drug-likeness (QED) is 0.668. The molecule has 0 fully saturated rings. The van der Waals surface area contributed by atoms with Gasteiger partial charge in [0.25, 0.3) is 5.69 Å². The molecule has 0 spiro atoms. The minimum atomic E-state index is -0.574. The van der Waals surface area contributed by atoms with Gasteiger partial charge < -0.3 is 10.1 Å². The number of methoxy groups -OCH3 is 1. The van der Waals surface area contributed by atoms with E-state index in [0.717, 1.165) is 5.56 Å². The van der Waals surface area contributed by atoms with E-state index < -0.39 is 4.92 Å². The Bertz CT molecular complexity index is 692. The number of nitriles is 1. The normalized spacial score (nSPS) is 9.71. The Hall–Kier alpha value is -3.14. The Morgan fingerprint density at radius 2 is 2.24 bits per heavy atom. The molecule has 0 aliphatic carbocycles. The molecule has 7 heteroatoms. The molecule has 1 aromatic heterocycles. The van der Waals surface area contributed by atoms with E-state index in [0.29, 0.717) is 18.1 Å². The van der Waals surface area contributed by atoms with Gasteiger partial charge in [0.05, 0.1) is 12.0 Å². The first-order valence-corrected chi connectivity index (χ1v) is 6.05. The van der Waals surface area contributed by atoms with Crippen molar-refractivity contribution in [1.29, 1.82) is 5.26 Å². The summed E-state index contributed by atoms with van der Waals surface area (Å²) >= 11 is 0. The summed E-state index contributed by atoms with van der Waals surface area (Å²) in [5.74, 6) is 0.529. The molecule has 0 radical (unpaired) electrons. The molecule has 7 nitrogen and oxygen atoms in total. The van der Waals surface area contributed by atoms with Gasteiger partial charge in [-0.1, -0.05) is 6.07 Å². The fraction of sp³-hybridized carbons (Fsp3) is 0.143. The maximum atomic E-state index is 10.7. The SMILES string of the molecule is COc1ccc(CNc2ccc([N+](=O)[O-])c(C#N)c2)cn1. The molecule has 2 aromatic rings. The lowest BCUT2D eigenvalue weighted by atomic mass is 10.1. The number of rotatable bonds is 5. The van der Waals surface area contributed by atoms with E-state index in [2.05, 4.69) is 10.3 Å². The number of hydrogen-bond donors (Lipinski definition) is 1. The number of nitrogens with zero attached hydrogens (tertiary/aromatic N) is 3. The van der Waals surface area contributed by atoms with Crippen LogP contribution in [0.5, 0.6) is 5.88 Å². The maximum Gasteiger partial charge on any atom is 0.287 e. The fourth-order valence-electron chi connectivity index (χ4n) is 1.74. The topological polar surface area (TPSA) is 101 Å². The van der Waals surface area contributed by atoms with Crippen molar-refractivity contribution in [1.82, 2.24) is 4.98 Å². The summed E-state index contributed by atoms with van der Waals surface area (Å²) in [5, 5.41) is 22.8. The van der Waals surface area contributed by atoms with Gasteiger partial charge in [0.1, 0.15) is 11.6 Å². The molecule has 0 saturated heterocycles. The van der Waals surface area contributed by atoms with Gasteiger partial charge in [-0.3, -0.25) is 10.1 Å². The van der Waals surface area contributed by atoms with Gasteiger partial charge in [-0.2, -0.15) is 5.26 Å². The number of nitro groups is 1. The molecule has 0 amide bonds. The number of nitro benzene ring substituents is 1. The van der Waals surface area contributed by atoms with Crippen molar-refractivity contribution < 1.29 is 9.66 Å². The summed E-state index contributed by atoms with van der Waals surface area (Å²) in [6.45, 7) is 0.486. The molecule has 2 rings (SSSR count). The second-order valence-electron chi connectivity index (χ2n) is 4.16. The number of hydrogen-bond acceptors (Lipinski definition) is 6. The van der Waals surface area contributed by atoms with Crippen LogP contribution >= 0.6 is 0 Å². The van der Waals surface area contributed by atoms with E-state index >= 15 is 0 Å². The Kier molecular flexibility index (Phi) is 4.31. The van der Waals surface area contributed by atoms with Gasteiger partial charge >= 0.3 is 0 Å². The van der Waals surface area contributed by atoms with Gasteiger partial charge in [0, 0.05) is 30.6 Å². The zero-order valence-corrected chi connectivity index (χ0v) is 11.2. The van der Waals surface area contributed by atoms with Crippen molar-refractivity contribution >= 4 is 11.4 Å². The molecule has 1 heterocycles. The highest BCUT2D eigenvalue weighted by atomic mass is 16.6. The molecule has 0 bridgehead atoms. The Balaban J connectivity index is 2.09. The molecular formula is C14H12N4O3. The standard InChI is InChI=1S/C14H12N4O3/c1-21-14-5-2-10(9-17-14)8-16-12-3-4-13(18(19)20)11(6-12)7-15/h2-6,9,16H,8H2,1H3. The molecule has 0 atom stereocenters. The lowest BCUT2D eigenvalue weighted by Crippen LogP contribution is -2.01. The molecule has 0 aliphatic heterocycles. The van der Waals surface area contributed by atoms with Gasteiger partial charge in [0.15, 0.2) is 0 Å². The van der Waals surface area contributed by atoms with Crippen molar-refractivity contribution in [2.45, 2.75) is 6.54 Å². The summed E-state index contributed by atoms with van der Waals surface area (Å²) < 4.78 is 4.97. The van der Waals surface area contributed by atoms with Crippen LogP contribution in [-0.2, 0) is 6.54 Å². The molecule has 1 aromatic carbocycles. The highest BCUT2D eigenvalue weighted by Gasteiger charge is 2.13. The van der Waals surface area contributed by atoms with Crippen molar-refractivity contribution in [3.63, 3.8) is 0 Å². The molecule has 0 saturated carbocycles. The van der Waals surface area contributed by atoms with Crippen LogP contribution in [0.15, 0.2) is 36.5 Å². The Morgan fingerprint density at radius 3 is 2.81 bits per heavy atom. The third-order valence-electron chi connectivity index (χ3n) is 2.82. The van der Waals surface area contributed by atoms with E-state index in [1.807, 2.05) is 12.1 Å². The minimum Gasteiger partial charge on any atom is -0.481 e. The highest BCUT2D eigenvalue weighted by molar-refractivity contribution is 5.58. The number of aromatic nitrogens is 1. The summed E-state index contributed by atoms with van der Waals surface area (Å²) in [5.41, 5.74) is 1.38. The first-order chi connectivity index (χ1) is 10.1. The number of pyridine rings is 1. The van der Waals surface area contributed by atoms with Crippen LogP contribution in [0.25, 0.3) is 0 Å². The van der Waals surface area contributed by atoms with Gasteiger partial charge in [-0.05, 0) is 17.7 Å². The molecule has 1 N–H and O–H groups in total. The number of ether oxygens (including phenoxy) is 1. The van der Waals surface area contributed by atoms with Crippen molar-refractivity contribution in [3.05, 3.63) is 57.8 Å². The highest BCUT2D eigenvalue weighted by Crippen LogP contribution is 2.22. The smallest absolute Gasteiger partial charge is 0.287 e. The summed E-state index contributed by atoms with van der Waals surface area (Å²) in [7, 11) is 1.54. The maximum absolute atomic E-state index is 10.7. The van der Waals surface area contributed by atoms with Crippen LogP contribution in [0.4, 0.5) is 11.4 Å². The van der Waals surface area contributed by atoms with Crippen molar-refractivity contribution in [2.75, 3.05) is 12.4 Å². The zero-order valence-electron chi connectivity index (χ0n) is 11.2. The lowest BCUT2D eigenvalue weighted by molar-refractivity contribution is -0.385. The van der Waals surface area contributed by atoms with Crippen LogP contribution in [0.3, 0.4) is 0 Å². The van der Waals surface area contributed by atoms with Crippen LogP contribution in [-0.4, -0.2) is 17.0 Å². The first-order valence-electron chi connectivity index (χ1n) is 6.05. The van der Waals surface area contributed by atoms with E-state index in [9.17, 15) is 10.1 Å². The number of nitrogens with one attached hydrogen (secondary N) is 1. The molecule has 0 aliphatic rings. The van der Waals surface area contributed by atoms with Gasteiger partial charge in [0.2, 0.25) is 5.88 Å². The van der Waals surface area contributed by atoms with Gasteiger partial charge in [-0.25, -0.2) is 4.98 Å². The van der Waals surface area contributed by atoms with E-state index in [1.54, 1.807) is 25.4 Å². The van der Waals surface area contributed by atoms with Gasteiger partial charge in [-0.15, -0.1) is 0 Å². The Morgan fingerprint density at radius 1 is 1.43 bits per heavy atom. The van der Waals surface area contributed by atoms with Crippen molar-refractivity contribution in [3.8, 4) is 11.9 Å². The number of anilines is 1. The molecule has 0 unspecified atom stereocenters. The minimum absolute atomic E-state index is 0.0258. The monoisotopic (exact) mass is 284 g/mol. The summed E-state index contributed by atoms with van der Waals surface area (Å²) in [4.78, 5) is 14.2. The third kappa shape index (κ3) is 3.45. The van der Waals surface area contributed by atoms with Crippen LogP contribution in [0.2, 0.25) is 0 Å². The third-order valence-corrected chi connectivity index (χ3v) is 2.82. The average Bonchev–Trinajstić information content (AvgIpc) is 2.52. The van der Waals surface area contributed by atoms with Crippen LogP contribution in [0.1, 0.15) is 11.1 Å². The predicted molar refractivity (Wildman–Crippen MR) is 75.9 cm³/mol. The first kappa shape index (κ1) is 14.3. The van der Waals surface area contributed by atoms with E-state index in [4.69, 9.17) is 10.00 Å². The predicted octanol–water partition coefficient (Wildman–Crippen LogP) is 2.48. The molecule has 106 valence electrons. The zero-order chi connectivity index (χ0) is 15.2. The van der Waals surface area contributed by atoms with Crippen LogP contribution in [0, 0.1) is 21.4 Å². The van der Waals surface area contributed by atoms with E-state index in [-0.39, 0.29) is 11.3 Å². The molecular weight excluding hydrogens is 272 g/mol. The molecule has 21 heavy (non-hydrogen) atoms. The van der Waals surface area contributed by atoms with Crippen LogP contribution < -0.4 is 10.1 Å². The van der Waals surface area contributed by atoms with E-state index in [1.165, 1.54) is 12.1 Å². The average molecular weight is 284 g/mol. The largest absolute Gasteiger partial charge is 0.481 e. The second-order valence-corrected chi connectivity index (χ2v) is 4.16. The second kappa shape index (κ2) is 6.34. The fourth-order valence-corrected chi connectivity index (χ4v) is 1.74. The number of benzene rings is 1. The summed E-state index contributed by atoms with van der Waals surface area (Å²) in [6, 6.07) is 9.75. The van der Waals surface area contributed by atoms with Crippen molar-refractivity contribution in [2.24, 2.45) is 0 Å². The Labute approximate surface area is 121 Å².